The van der Waals surface area contributed by atoms with Gasteiger partial charge in [-0.3, -0.25) is 0 Å². The highest BCUT2D eigenvalue weighted by Crippen LogP contribution is 2.40. The summed E-state index contributed by atoms with van der Waals surface area (Å²) in [5.41, 5.74) is -9.71. The number of halogens is 19. The van der Waals surface area contributed by atoms with E-state index >= 15 is 0 Å². The zero-order valence-electron chi connectivity index (χ0n) is 47.4. The average Bonchev–Trinajstić information content (AvgIpc) is 1.95. The summed E-state index contributed by atoms with van der Waals surface area (Å²) in [6.45, 7) is 4.42. The highest BCUT2D eigenvalue weighted by Gasteiger charge is 2.40. The molecule has 0 bridgehead atoms. The summed E-state index contributed by atoms with van der Waals surface area (Å²) in [6, 6.07) is 3.40. The van der Waals surface area contributed by atoms with Crippen molar-refractivity contribution in [3.63, 3.8) is 0 Å². The quantitative estimate of drug-likeness (QED) is 0.0676. The molecule has 0 aliphatic carbocycles. The number of hydrogen-bond donors (Lipinski definition) is 1. The molecule has 2 aliphatic rings. The molecule has 2 aromatic carbocycles. The zero-order valence-corrected chi connectivity index (χ0v) is 49.8. The van der Waals surface area contributed by atoms with Crippen LogP contribution < -0.4 is 20.0 Å². The van der Waals surface area contributed by atoms with E-state index in [9.17, 15) is 87.4 Å². The van der Waals surface area contributed by atoms with E-state index in [4.69, 9.17) is 11.6 Å². The van der Waals surface area contributed by atoms with Crippen molar-refractivity contribution in [1.82, 2.24) is 55.7 Å². The minimum absolute atomic E-state index is 0.0289. The van der Waals surface area contributed by atoms with Crippen LogP contribution in [0.2, 0.25) is 5.15 Å². The lowest BCUT2D eigenvalue weighted by Crippen LogP contribution is -2.36. The molecule has 0 radical (unpaired) electrons. The van der Waals surface area contributed by atoms with Crippen LogP contribution in [-0.4, -0.2) is 108 Å². The van der Waals surface area contributed by atoms with Crippen molar-refractivity contribution < 1.29 is 87.4 Å². The fraction of sp³-hybridized carbons (Fsp3) is 0.538. The van der Waals surface area contributed by atoms with Crippen LogP contribution in [0.5, 0.6) is 0 Å². The maximum atomic E-state index is 13.8. The Labute approximate surface area is 506 Å². The molecule has 492 valence electrons. The molecule has 16 nitrogen and oxygen atoms in total. The summed E-state index contributed by atoms with van der Waals surface area (Å²) in [4.78, 5) is 13.2. The van der Waals surface area contributed by atoms with Crippen molar-refractivity contribution in [3.8, 4) is 0 Å². The van der Waals surface area contributed by atoms with Gasteiger partial charge in [-0.15, -0.1) is 10.2 Å². The lowest BCUT2D eigenvalue weighted by molar-refractivity contribution is -0.144. The van der Waals surface area contributed by atoms with Crippen molar-refractivity contribution in [1.29, 1.82) is 0 Å². The number of pyridine rings is 2. The molecule has 0 amide bonds. The summed E-state index contributed by atoms with van der Waals surface area (Å²) in [7, 11) is -0.499. The Morgan fingerprint density at radius 2 is 0.944 bits per heavy atom. The first-order valence-corrected chi connectivity index (χ1v) is 30.1. The van der Waals surface area contributed by atoms with Crippen LogP contribution in [0.1, 0.15) is 95.2 Å². The molecule has 89 heavy (non-hydrogen) atoms. The van der Waals surface area contributed by atoms with Gasteiger partial charge in [-0.05, 0) is 139 Å². The largest absolute Gasteiger partial charge is 0.417 e. The molecule has 2 fully saturated rings. The predicted octanol–water partition coefficient (Wildman–Crippen LogP) is 12.8. The number of anilines is 3. The summed E-state index contributed by atoms with van der Waals surface area (Å²) in [5, 5.41) is 25.5. The van der Waals surface area contributed by atoms with E-state index in [2.05, 4.69) is 64.8 Å². The Hall–Kier alpha value is -6.43. The van der Waals surface area contributed by atoms with Crippen LogP contribution in [0.4, 0.5) is 96.7 Å². The Morgan fingerprint density at radius 3 is 1.33 bits per heavy atom. The van der Waals surface area contributed by atoms with Gasteiger partial charge in [0.25, 0.3) is 11.9 Å². The number of sulfone groups is 1. The van der Waals surface area contributed by atoms with E-state index in [1.165, 1.54) is 45.0 Å². The molecule has 0 unspecified atom stereocenters. The molecule has 6 heterocycles. The number of rotatable bonds is 17. The van der Waals surface area contributed by atoms with Gasteiger partial charge in [0.15, 0.2) is 0 Å². The van der Waals surface area contributed by atoms with Gasteiger partial charge in [0.05, 0.1) is 59.0 Å². The van der Waals surface area contributed by atoms with Gasteiger partial charge in [-0.25, -0.2) is 18.4 Å². The molecule has 1 N–H and O–H groups in total. The van der Waals surface area contributed by atoms with Crippen molar-refractivity contribution in [2.75, 3.05) is 63.9 Å². The number of thioether (sulfide) groups is 1. The number of aryl methyl sites for hydroxylation is 2. The highest BCUT2D eigenvalue weighted by atomic mass is 35.5. The summed E-state index contributed by atoms with van der Waals surface area (Å²) in [6.07, 6.45) is -25.4. The lowest BCUT2D eigenvalue weighted by Gasteiger charge is -2.32. The van der Waals surface area contributed by atoms with Crippen LogP contribution in [0, 0.1) is 11.8 Å². The summed E-state index contributed by atoms with van der Waals surface area (Å²) in [5.74, 6) is 3.08. The average molecular weight is 1350 g/mol. The fourth-order valence-electron chi connectivity index (χ4n) is 9.19. The second kappa shape index (κ2) is 29.2. The van der Waals surface area contributed by atoms with E-state index in [0.29, 0.717) is 55.6 Å². The van der Waals surface area contributed by atoms with Crippen molar-refractivity contribution in [3.05, 3.63) is 122 Å². The van der Waals surface area contributed by atoms with Crippen LogP contribution in [0.25, 0.3) is 0 Å². The third kappa shape index (κ3) is 21.3. The minimum Gasteiger partial charge on any atom is -0.356 e. The first-order chi connectivity index (χ1) is 41.2. The Morgan fingerprint density at radius 1 is 0.539 bits per heavy atom. The number of nitrogens with zero attached hydrogens (tertiary/aromatic N) is 13. The van der Waals surface area contributed by atoms with E-state index in [-0.39, 0.29) is 76.6 Å². The molecule has 8 rings (SSSR count). The molecular weight excluding hydrogens is 1290 g/mol. The van der Waals surface area contributed by atoms with Crippen molar-refractivity contribution in [2.24, 2.45) is 25.9 Å². The predicted molar refractivity (Wildman–Crippen MR) is 292 cm³/mol. The number of aromatic nitrogens is 10. The third-order valence-electron chi connectivity index (χ3n) is 13.7. The van der Waals surface area contributed by atoms with Gasteiger partial charge >= 0.3 is 37.1 Å². The van der Waals surface area contributed by atoms with Gasteiger partial charge in [0.1, 0.15) is 20.8 Å². The molecule has 6 aromatic rings. The number of benzene rings is 2. The molecule has 0 spiro atoms. The first kappa shape index (κ1) is 71.6. The van der Waals surface area contributed by atoms with Crippen molar-refractivity contribution >= 4 is 50.9 Å². The van der Waals surface area contributed by atoms with Crippen LogP contribution in [0.15, 0.2) is 60.9 Å². The maximum absolute atomic E-state index is 13.8. The fourth-order valence-corrected chi connectivity index (χ4v) is 12.1. The maximum Gasteiger partial charge on any atom is 0.417 e. The van der Waals surface area contributed by atoms with Crippen molar-refractivity contribution in [2.45, 2.75) is 103 Å². The smallest absolute Gasteiger partial charge is 0.356 e. The van der Waals surface area contributed by atoms with Gasteiger partial charge in [0.2, 0.25) is 0 Å². The molecule has 37 heteroatoms. The summed E-state index contributed by atoms with van der Waals surface area (Å²) < 4.78 is 265. The monoisotopic (exact) mass is 1350 g/mol. The summed E-state index contributed by atoms with van der Waals surface area (Å²) >= 11 is 8.00. The Bertz CT molecular complexity index is 3330. The topological polar surface area (TPSA) is 169 Å². The highest BCUT2D eigenvalue weighted by molar-refractivity contribution is 7.99. The second-order valence-corrected chi connectivity index (χ2v) is 24.5. The molecule has 4 aromatic heterocycles. The van der Waals surface area contributed by atoms with E-state index < -0.39 is 118 Å². The molecular formula is C52H57ClF18N14O2S2. The Kier molecular flexibility index (Phi) is 23.5. The van der Waals surface area contributed by atoms with E-state index in [1.54, 1.807) is 11.8 Å². The molecule has 2 aliphatic heterocycles. The SMILES string of the molecule is CCN(CC1CCS(=O)(=O)CC1)c1ncc(C(F)(F)F)cc1CN(Cc1cc(C(F)(F)F)cc(C(F)(F)F)c1)c1nnn(C)n1.CCNCC1CCSCC1.Cn1nnc(N(Cc2cc(C(F)(F)F)cc(C(F)(F)F)c2)Cc2cc(C(F)(F)F)cnc2Cl)n1. The lowest BCUT2D eigenvalue weighted by atomic mass is 10.0. The van der Waals surface area contributed by atoms with Crippen LogP contribution in [-0.2, 0) is 87.2 Å². The van der Waals surface area contributed by atoms with Gasteiger partial charge in [0, 0.05) is 62.8 Å². The number of hydrogen-bond acceptors (Lipinski definition) is 15. The second-order valence-electron chi connectivity index (χ2n) is 20.6. The van der Waals surface area contributed by atoms with Gasteiger partial charge in [-0.2, -0.15) is 100 Å². The molecule has 0 atom stereocenters. The number of nitrogens with one attached hydrogen (secondary N) is 1. The normalized spacial score (nSPS) is 15.4. The van der Waals surface area contributed by atoms with Crippen LogP contribution in [0.3, 0.4) is 0 Å². The Balaban J connectivity index is 0.000000251. The molecule has 2 saturated heterocycles. The van der Waals surface area contributed by atoms with E-state index in [1.807, 2.05) is 0 Å². The standard InChI is InChI=1S/C26H28F9N7O2S.C18H12ClF9N6.C8H17NS/c1-3-41(13-16-4-6-45(43,44)7-5-16)22-18(10-21(12-36-22)26(33,34)35)15-42(23-37-39-40(2)38-23)14-17-8-19(24(27,28)29)11-20(9-17)25(30,31)32;1-33-31-15(30-32-33)34(8-10-4-13(18(26,27)28)6-29-14(10)19)7-9-2-11(16(20,21)22)5-12(3-9)17(23,24)25;1-2-9-7-8-3-5-10-6-4-8/h8-12,16H,3-7,13-15H2,1-2H3;2-6H,7-8H2,1H3;8-9H,2-7H2,1H3. The molecule has 0 saturated carbocycles. The third-order valence-corrected chi connectivity index (χ3v) is 16.8. The van der Waals surface area contributed by atoms with Crippen LogP contribution >= 0.6 is 23.4 Å². The first-order valence-electron chi connectivity index (χ1n) is 26.8. The minimum atomic E-state index is -5.12. The number of tetrazole rings is 2. The number of alkyl halides is 18. The zero-order chi connectivity index (χ0) is 66.1. The van der Waals surface area contributed by atoms with Gasteiger partial charge < -0.3 is 20.0 Å². The van der Waals surface area contributed by atoms with E-state index in [0.717, 1.165) is 37.9 Å². The van der Waals surface area contributed by atoms with Gasteiger partial charge in [-0.1, -0.05) is 28.7 Å².